The van der Waals surface area contributed by atoms with Gasteiger partial charge in [-0.2, -0.15) is 0 Å². The molecule has 240 valence electrons. The highest BCUT2D eigenvalue weighted by Crippen LogP contribution is 2.19. The standard InChI is InChI=1S/C23H38N10O10/c24-9-16(35)30-11(3-1-5-28-23(26)27)19(39)29-10-17(36)31-12(8-18(37)38)20(40)32-13(7-15(25)34)21(41)33-6-2-4-14(33)22(42)43/h11-14H,1-10,24H2,(H2,25,34)(H,29,39)(H,30,35)(H,31,36)(H,32,40)(H,37,38)(H,42,43)(H4,26,27,28)/t11-,12+,13+,14+/m0/s1. The van der Waals surface area contributed by atoms with Crippen LogP contribution in [-0.4, -0.2) is 119 Å². The molecule has 20 heteroatoms. The number of rotatable bonds is 18. The fourth-order valence-electron chi connectivity index (χ4n) is 4.11. The molecule has 1 rings (SSSR count). The van der Waals surface area contributed by atoms with Gasteiger partial charge in [0.05, 0.1) is 25.9 Å². The van der Waals surface area contributed by atoms with Gasteiger partial charge in [-0.3, -0.25) is 38.6 Å². The first kappa shape index (κ1) is 36.0. The highest BCUT2D eigenvalue weighted by molar-refractivity contribution is 5.97. The summed E-state index contributed by atoms with van der Waals surface area (Å²) in [4.78, 5) is 102. The zero-order valence-electron chi connectivity index (χ0n) is 23.2. The van der Waals surface area contributed by atoms with E-state index in [1.807, 2.05) is 0 Å². The number of carboxylic acids is 2. The van der Waals surface area contributed by atoms with Gasteiger partial charge >= 0.3 is 11.9 Å². The number of hydrogen-bond acceptors (Lipinski definition) is 10. The summed E-state index contributed by atoms with van der Waals surface area (Å²) in [6.07, 6.45) is -0.843. The number of nitrogens with one attached hydrogen (secondary N) is 4. The van der Waals surface area contributed by atoms with Crippen molar-refractivity contribution in [1.82, 2.24) is 26.2 Å². The fourth-order valence-corrected chi connectivity index (χ4v) is 4.11. The van der Waals surface area contributed by atoms with Crippen molar-refractivity contribution in [3.05, 3.63) is 0 Å². The Morgan fingerprint density at radius 1 is 0.860 bits per heavy atom. The molecule has 0 bridgehead atoms. The summed E-state index contributed by atoms with van der Waals surface area (Å²) in [5.41, 5.74) is 20.9. The molecule has 43 heavy (non-hydrogen) atoms. The minimum Gasteiger partial charge on any atom is -0.481 e. The van der Waals surface area contributed by atoms with Crippen LogP contribution >= 0.6 is 0 Å². The number of carbonyl (C=O) groups is 8. The lowest BCUT2D eigenvalue weighted by Crippen LogP contribution is -2.57. The van der Waals surface area contributed by atoms with Crippen molar-refractivity contribution in [2.45, 2.75) is 62.7 Å². The quantitative estimate of drug-likeness (QED) is 0.0391. The lowest BCUT2D eigenvalue weighted by atomic mass is 10.1. The Morgan fingerprint density at radius 3 is 2.07 bits per heavy atom. The van der Waals surface area contributed by atoms with E-state index >= 15 is 0 Å². The number of carboxylic acid groups (broad SMARTS) is 2. The van der Waals surface area contributed by atoms with Crippen molar-refractivity contribution in [3.8, 4) is 0 Å². The molecule has 1 aliphatic rings. The van der Waals surface area contributed by atoms with Gasteiger partial charge in [0.1, 0.15) is 24.2 Å². The van der Waals surface area contributed by atoms with Crippen LogP contribution in [0, 0.1) is 0 Å². The van der Waals surface area contributed by atoms with Crippen LogP contribution in [0.25, 0.3) is 0 Å². The Hall–Kier alpha value is -5.01. The average Bonchev–Trinajstić information content (AvgIpc) is 3.42. The molecule has 1 aliphatic heterocycles. The number of amides is 6. The van der Waals surface area contributed by atoms with E-state index in [0.29, 0.717) is 6.42 Å². The Bertz CT molecular complexity index is 1110. The molecule has 1 heterocycles. The predicted molar refractivity (Wildman–Crippen MR) is 146 cm³/mol. The number of primary amides is 1. The summed E-state index contributed by atoms with van der Waals surface area (Å²) in [7, 11) is 0. The number of carbonyl (C=O) groups excluding carboxylic acids is 6. The van der Waals surface area contributed by atoms with Gasteiger partial charge in [0.25, 0.3) is 0 Å². The molecule has 20 nitrogen and oxygen atoms in total. The second kappa shape index (κ2) is 17.7. The number of guanidine groups is 1. The van der Waals surface area contributed by atoms with Gasteiger partial charge in [0, 0.05) is 13.1 Å². The third kappa shape index (κ3) is 13.0. The molecule has 1 fully saturated rings. The third-order valence-electron chi connectivity index (χ3n) is 6.08. The van der Waals surface area contributed by atoms with Crippen molar-refractivity contribution >= 4 is 53.3 Å². The van der Waals surface area contributed by atoms with Crippen LogP contribution < -0.4 is 44.2 Å². The van der Waals surface area contributed by atoms with Crippen molar-refractivity contribution < 1.29 is 48.6 Å². The lowest BCUT2D eigenvalue weighted by Gasteiger charge is -2.28. The van der Waals surface area contributed by atoms with Gasteiger partial charge in [-0.25, -0.2) is 4.79 Å². The van der Waals surface area contributed by atoms with Crippen LogP contribution in [0.2, 0.25) is 0 Å². The van der Waals surface area contributed by atoms with Gasteiger partial charge < -0.3 is 59.3 Å². The number of aliphatic imine (C=N–C) groups is 1. The van der Waals surface area contributed by atoms with Gasteiger partial charge in [-0.1, -0.05) is 0 Å². The zero-order valence-corrected chi connectivity index (χ0v) is 23.2. The van der Waals surface area contributed by atoms with Crippen molar-refractivity contribution in [3.63, 3.8) is 0 Å². The van der Waals surface area contributed by atoms with Gasteiger partial charge in [-0.05, 0) is 25.7 Å². The summed E-state index contributed by atoms with van der Waals surface area (Å²) < 4.78 is 0. The van der Waals surface area contributed by atoms with E-state index in [9.17, 15) is 48.6 Å². The maximum Gasteiger partial charge on any atom is 0.326 e. The van der Waals surface area contributed by atoms with Crippen molar-refractivity contribution in [1.29, 1.82) is 0 Å². The summed E-state index contributed by atoms with van der Waals surface area (Å²) in [6, 6.07) is -5.73. The van der Waals surface area contributed by atoms with Crippen molar-refractivity contribution in [2.75, 3.05) is 26.2 Å². The SMILES string of the molecule is NCC(=O)N[C@@H](CCCN=C(N)N)C(=O)NCC(=O)N[C@H](CC(=O)O)C(=O)N[C@H](CC(N)=O)C(=O)N1CCC[C@@H]1C(=O)O. The highest BCUT2D eigenvalue weighted by atomic mass is 16.4. The van der Waals surface area contributed by atoms with Crippen LogP contribution in [0.1, 0.15) is 38.5 Å². The molecule has 0 radical (unpaired) electrons. The Morgan fingerprint density at radius 2 is 1.51 bits per heavy atom. The molecular weight excluding hydrogens is 576 g/mol. The number of hydrogen-bond donors (Lipinski definition) is 10. The topological polar surface area (TPSA) is 345 Å². The number of likely N-dealkylation sites (tertiary alicyclic amines) is 1. The molecule has 0 spiro atoms. The molecule has 1 saturated heterocycles. The molecule has 0 saturated carbocycles. The molecule has 0 aromatic carbocycles. The van der Waals surface area contributed by atoms with Gasteiger partial charge in [0.15, 0.2) is 5.96 Å². The maximum absolute atomic E-state index is 13.0. The molecule has 0 aliphatic carbocycles. The minimum atomic E-state index is -1.77. The first-order valence-corrected chi connectivity index (χ1v) is 13.1. The number of nitrogens with two attached hydrogens (primary N) is 4. The third-order valence-corrected chi connectivity index (χ3v) is 6.08. The predicted octanol–water partition coefficient (Wildman–Crippen LogP) is -6.01. The van der Waals surface area contributed by atoms with Gasteiger partial charge in [-0.15, -0.1) is 0 Å². The van der Waals surface area contributed by atoms with E-state index in [1.54, 1.807) is 0 Å². The first-order chi connectivity index (χ1) is 20.2. The maximum atomic E-state index is 13.0. The van der Waals surface area contributed by atoms with Crippen molar-refractivity contribution in [2.24, 2.45) is 27.9 Å². The summed E-state index contributed by atoms with van der Waals surface area (Å²) in [5, 5.41) is 27.5. The van der Waals surface area contributed by atoms with E-state index in [0.717, 1.165) is 4.90 Å². The molecule has 4 atom stereocenters. The Kier molecular flexibility index (Phi) is 14.8. The van der Waals surface area contributed by atoms with E-state index in [2.05, 4.69) is 26.3 Å². The lowest BCUT2D eigenvalue weighted by molar-refractivity contribution is -0.150. The second-order valence-corrected chi connectivity index (χ2v) is 9.47. The normalized spacial score (nSPS) is 16.1. The molecule has 0 unspecified atom stereocenters. The van der Waals surface area contributed by atoms with E-state index in [1.165, 1.54) is 0 Å². The molecule has 0 aromatic rings. The van der Waals surface area contributed by atoms with Crippen LogP contribution in [0.15, 0.2) is 4.99 Å². The second-order valence-electron chi connectivity index (χ2n) is 9.47. The Balaban J connectivity index is 2.92. The van der Waals surface area contributed by atoms with Gasteiger partial charge in [0.2, 0.25) is 35.4 Å². The average molecular weight is 615 g/mol. The largest absolute Gasteiger partial charge is 0.481 e. The number of aliphatic carboxylic acids is 2. The molecule has 14 N–H and O–H groups in total. The highest BCUT2D eigenvalue weighted by Gasteiger charge is 2.39. The van der Waals surface area contributed by atoms with E-state index in [4.69, 9.17) is 22.9 Å². The zero-order chi connectivity index (χ0) is 32.7. The van der Waals surface area contributed by atoms with Crippen LogP contribution in [0.4, 0.5) is 0 Å². The van der Waals surface area contributed by atoms with E-state index < -0.39 is 97.5 Å². The first-order valence-electron chi connectivity index (χ1n) is 13.1. The molecular formula is C23H38N10O10. The van der Waals surface area contributed by atoms with Crippen LogP contribution in [0.3, 0.4) is 0 Å². The fraction of sp³-hybridized carbons (Fsp3) is 0.609. The molecule has 0 aromatic heterocycles. The summed E-state index contributed by atoms with van der Waals surface area (Å²) in [5.74, 6) is -8.56. The Labute approximate surface area is 245 Å². The molecule has 6 amide bonds. The number of nitrogens with zero attached hydrogens (tertiary/aromatic N) is 2. The minimum absolute atomic E-state index is 0.0386. The van der Waals surface area contributed by atoms with E-state index in [-0.39, 0.29) is 38.3 Å². The van der Waals surface area contributed by atoms with Crippen LogP contribution in [-0.2, 0) is 38.4 Å². The summed E-state index contributed by atoms with van der Waals surface area (Å²) in [6.45, 7) is -0.983. The monoisotopic (exact) mass is 614 g/mol. The summed E-state index contributed by atoms with van der Waals surface area (Å²) >= 11 is 0. The smallest absolute Gasteiger partial charge is 0.326 e. The van der Waals surface area contributed by atoms with Crippen LogP contribution in [0.5, 0.6) is 0 Å².